The standard InChI is InChI=1S/C20H20Cl2N2O3/c1-2-27-19-15(21)7-12(8-16(19)22)10-23-18(20(25)26)9-13-11-24-17-6-4-3-5-14(13)17/h3-8,11,18,23-24H,2,9-10H2,1H3,(H,25,26)/t18-/m1/s1. The van der Waals surface area contributed by atoms with E-state index in [4.69, 9.17) is 27.9 Å². The Morgan fingerprint density at radius 2 is 1.96 bits per heavy atom. The lowest BCUT2D eigenvalue weighted by Gasteiger charge is -2.15. The molecule has 0 unspecified atom stereocenters. The van der Waals surface area contributed by atoms with Gasteiger partial charge in [-0.1, -0.05) is 41.4 Å². The van der Waals surface area contributed by atoms with E-state index < -0.39 is 12.0 Å². The molecule has 0 aliphatic heterocycles. The highest BCUT2D eigenvalue weighted by molar-refractivity contribution is 6.37. The number of nitrogens with one attached hydrogen (secondary N) is 2. The first-order valence-electron chi connectivity index (χ1n) is 8.61. The monoisotopic (exact) mass is 406 g/mol. The van der Waals surface area contributed by atoms with Crippen molar-refractivity contribution in [3.63, 3.8) is 0 Å². The maximum absolute atomic E-state index is 11.7. The molecule has 1 heterocycles. The highest BCUT2D eigenvalue weighted by atomic mass is 35.5. The Labute approximate surface area is 167 Å². The van der Waals surface area contributed by atoms with E-state index in [2.05, 4.69) is 10.3 Å². The van der Waals surface area contributed by atoms with Gasteiger partial charge >= 0.3 is 5.97 Å². The van der Waals surface area contributed by atoms with E-state index in [1.165, 1.54) is 0 Å². The predicted molar refractivity (Wildman–Crippen MR) is 108 cm³/mol. The van der Waals surface area contributed by atoms with Gasteiger partial charge in [0.1, 0.15) is 6.04 Å². The Bertz CT molecular complexity index is 932. The molecule has 3 aromatic rings. The number of carbonyl (C=O) groups is 1. The van der Waals surface area contributed by atoms with Crippen molar-refractivity contribution >= 4 is 40.1 Å². The summed E-state index contributed by atoms with van der Waals surface area (Å²) < 4.78 is 5.42. The lowest BCUT2D eigenvalue weighted by molar-refractivity contribution is -0.139. The van der Waals surface area contributed by atoms with E-state index >= 15 is 0 Å². The number of ether oxygens (including phenoxy) is 1. The summed E-state index contributed by atoms with van der Waals surface area (Å²) in [5.41, 5.74) is 2.73. The zero-order valence-electron chi connectivity index (χ0n) is 14.8. The minimum atomic E-state index is -0.914. The summed E-state index contributed by atoms with van der Waals surface area (Å²) in [6.07, 6.45) is 2.21. The van der Waals surface area contributed by atoms with Crippen molar-refractivity contribution in [2.24, 2.45) is 0 Å². The summed E-state index contributed by atoms with van der Waals surface area (Å²) in [4.78, 5) is 14.9. The van der Waals surface area contributed by atoms with E-state index in [1.807, 2.05) is 37.4 Å². The van der Waals surface area contributed by atoms with Crippen LogP contribution in [0.2, 0.25) is 10.0 Å². The second-order valence-electron chi connectivity index (χ2n) is 6.16. The van der Waals surface area contributed by atoms with Gasteiger partial charge in [-0.2, -0.15) is 0 Å². The minimum absolute atomic E-state index is 0.325. The lowest BCUT2D eigenvalue weighted by atomic mass is 10.0. The number of H-pyrrole nitrogens is 1. The molecular weight excluding hydrogens is 387 g/mol. The number of benzene rings is 2. The molecule has 0 spiro atoms. The molecule has 0 fully saturated rings. The number of halogens is 2. The molecule has 0 aliphatic rings. The molecular formula is C20H20Cl2N2O3. The highest BCUT2D eigenvalue weighted by Gasteiger charge is 2.20. The first-order valence-corrected chi connectivity index (χ1v) is 9.37. The van der Waals surface area contributed by atoms with Crippen LogP contribution < -0.4 is 10.1 Å². The Hall–Kier alpha value is -2.21. The maximum Gasteiger partial charge on any atom is 0.321 e. The van der Waals surface area contributed by atoms with Crippen LogP contribution in [0, 0.1) is 0 Å². The Balaban J connectivity index is 1.73. The number of hydrogen-bond acceptors (Lipinski definition) is 3. The van der Waals surface area contributed by atoms with Crippen molar-refractivity contribution in [3.8, 4) is 5.75 Å². The zero-order chi connectivity index (χ0) is 19.4. The summed E-state index contributed by atoms with van der Waals surface area (Å²) >= 11 is 12.4. The summed E-state index contributed by atoms with van der Waals surface area (Å²) in [6.45, 7) is 2.64. The molecule has 0 amide bonds. The van der Waals surface area contributed by atoms with Crippen molar-refractivity contribution in [1.82, 2.24) is 10.3 Å². The van der Waals surface area contributed by atoms with Crippen molar-refractivity contribution < 1.29 is 14.6 Å². The van der Waals surface area contributed by atoms with Crippen LogP contribution in [0.3, 0.4) is 0 Å². The first kappa shape index (κ1) is 19.5. The summed E-state index contributed by atoms with van der Waals surface area (Å²) in [6, 6.07) is 10.5. The van der Waals surface area contributed by atoms with Crippen LogP contribution in [-0.2, 0) is 17.8 Å². The van der Waals surface area contributed by atoms with Crippen molar-refractivity contribution in [1.29, 1.82) is 0 Å². The van der Waals surface area contributed by atoms with E-state index in [0.717, 1.165) is 22.0 Å². The number of hydrogen-bond donors (Lipinski definition) is 3. The van der Waals surface area contributed by atoms with Gasteiger partial charge in [-0.3, -0.25) is 4.79 Å². The average Bonchev–Trinajstić information content (AvgIpc) is 3.04. The zero-order valence-corrected chi connectivity index (χ0v) is 16.3. The van der Waals surface area contributed by atoms with Gasteiger partial charge < -0.3 is 20.1 Å². The number of rotatable bonds is 8. The average molecular weight is 407 g/mol. The van der Waals surface area contributed by atoms with Gasteiger partial charge in [-0.15, -0.1) is 0 Å². The van der Waals surface area contributed by atoms with E-state index in [1.54, 1.807) is 12.1 Å². The SMILES string of the molecule is CCOc1c(Cl)cc(CN[C@H](Cc2c[nH]c3ccccc23)C(=O)O)cc1Cl. The molecule has 3 N–H and O–H groups in total. The van der Waals surface area contributed by atoms with Crippen LogP contribution in [-0.4, -0.2) is 28.7 Å². The molecule has 142 valence electrons. The molecule has 0 aliphatic carbocycles. The maximum atomic E-state index is 11.7. The van der Waals surface area contributed by atoms with Crippen LogP contribution in [0.5, 0.6) is 5.75 Å². The van der Waals surface area contributed by atoms with Gasteiger partial charge in [0.2, 0.25) is 0 Å². The number of aliphatic carboxylic acids is 1. The molecule has 0 bridgehead atoms. The fourth-order valence-corrected chi connectivity index (χ4v) is 3.65. The molecule has 0 radical (unpaired) electrons. The summed E-state index contributed by atoms with van der Waals surface area (Å²) in [5, 5.41) is 14.5. The molecule has 3 rings (SSSR count). The molecule has 1 aromatic heterocycles. The van der Waals surface area contributed by atoms with E-state index in [-0.39, 0.29) is 0 Å². The molecule has 7 heteroatoms. The van der Waals surface area contributed by atoms with Gasteiger partial charge in [0.05, 0.1) is 16.7 Å². The number of carboxylic acid groups (broad SMARTS) is 1. The third-order valence-corrected chi connectivity index (χ3v) is 4.86. The van der Waals surface area contributed by atoms with E-state index in [9.17, 15) is 9.90 Å². The van der Waals surface area contributed by atoms with Crippen molar-refractivity contribution in [2.75, 3.05) is 6.61 Å². The smallest absolute Gasteiger partial charge is 0.321 e. The number of fused-ring (bicyclic) bond motifs is 1. The fourth-order valence-electron chi connectivity index (χ4n) is 3.00. The first-order chi connectivity index (χ1) is 13.0. The Morgan fingerprint density at radius 1 is 1.26 bits per heavy atom. The van der Waals surface area contributed by atoms with Crippen LogP contribution in [0.1, 0.15) is 18.1 Å². The van der Waals surface area contributed by atoms with Gasteiger partial charge in [0, 0.05) is 30.1 Å². The highest BCUT2D eigenvalue weighted by Crippen LogP contribution is 2.34. The van der Waals surface area contributed by atoms with Crippen LogP contribution in [0.4, 0.5) is 0 Å². The number of aromatic nitrogens is 1. The predicted octanol–water partition coefficient (Wildman–Crippen LogP) is 4.66. The second kappa shape index (κ2) is 8.65. The Kier molecular flexibility index (Phi) is 6.26. The topological polar surface area (TPSA) is 74.3 Å². The van der Waals surface area contributed by atoms with Crippen molar-refractivity contribution in [3.05, 3.63) is 63.8 Å². The van der Waals surface area contributed by atoms with Gasteiger partial charge in [0.25, 0.3) is 0 Å². The van der Waals surface area contributed by atoms with Crippen LogP contribution in [0.25, 0.3) is 10.9 Å². The number of aromatic amines is 1. The quantitative estimate of drug-likeness (QED) is 0.508. The third kappa shape index (κ3) is 4.56. The van der Waals surface area contributed by atoms with Crippen LogP contribution in [0.15, 0.2) is 42.6 Å². The summed E-state index contributed by atoms with van der Waals surface area (Å²) in [5.74, 6) is -0.471. The van der Waals surface area contributed by atoms with Gasteiger partial charge in [0.15, 0.2) is 5.75 Å². The molecule has 0 saturated heterocycles. The minimum Gasteiger partial charge on any atom is -0.491 e. The molecule has 1 atom stereocenters. The molecule has 2 aromatic carbocycles. The summed E-state index contributed by atoms with van der Waals surface area (Å²) in [7, 11) is 0. The largest absolute Gasteiger partial charge is 0.491 e. The fraction of sp³-hybridized carbons (Fsp3) is 0.250. The molecule has 27 heavy (non-hydrogen) atoms. The second-order valence-corrected chi connectivity index (χ2v) is 6.97. The van der Waals surface area contributed by atoms with Gasteiger partial charge in [-0.05, 0) is 36.2 Å². The number of para-hydroxylation sites is 1. The molecule has 0 saturated carbocycles. The number of carboxylic acids is 1. The molecule has 5 nitrogen and oxygen atoms in total. The van der Waals surface area contributed by atoms with E-state index in [0.29, 0.717) is 35.4 Å². The Morgan fingerprint density at radius 3 is 2.63 bits per heavy atom. The lowest BCUT2D eigenvalue weighted by Crippen LogP contribution is -2.38. The third-order valence-electron chi connectivity index (χ3n) is 4.30. The normalized spacial score (nSPS) is 12.3. The van der Waals surface area contributed by atoms with Crippen molar-refractivity contribution in [2.45, 2.75) is 25.9 Å². The van der Waals surface area contributed by atoms with Crippen LogP contribution >= 0.6 is 23.2 Å². The van der Waals surface area contributed by atoms with Gasteiger partial charge in [-0.25, -0.2) is 0 Å².